The lowest BCUT2D eigenvalue weighted by Gasteiger charge is -2.36. The third-order valence-electron chi connectivity index (χ3n) is 4.04. The minimum absolute atomic E-state index is 0.0267. The molecule has 0 aliphatic carbocycles. The van der Waals surface area contributed by atoms with Crippen LogP contribution < -0.4 is 5.32 Å². The van der Waals surface area contributed by atoms with E-state index in [4.69, 9.17) is 14.6 Å². The highest BCUT2D eigenvalue weighted by Crippen LogP contribution is 2.28. The Kier molecular flexibility index (Phi) is 4.82. The Balaban J connectivity index is 1.88. The Morgan fingerprint density at radius 2 is 2.00 bits per heavy atom. The van der Waals surface area contributed by atoms with E-state index in [1.54, 1.807) is 0 Å². The van der Waals surface area contributed by atoms with E-state index in [1.807, 2.05) is 0 Å². The third-order valence-corrected chi connectivity index (χ3v) is 4.04. The second-order valence-electron chi connectivity index (χ2n) is 5.70. The van der Waals surface area contributed by atoms with Crippen LogP contribution >= 0.6 is 0 Å². The SMILES string of the molecule is CC1(CNC(=O)N2CCOCC2C(=O)O)CCOCC1. The van der Waals surface area contributed by atoms with E-state index in [0.717, 1.165) is 12.8 Å². The van der Waals surface area contributed by atoms with Crippen LogP contribution in [0.1, 0.15) is 19.8 Å². The minimum atomic E-state index is -1.03. The van der Waals surface area contributed by atoms with Crippen molar-refractivity contribution in [3.8, 4) is 0 Å². The van der Waals surface area contributed by atoms with Crippen molar-refractivity contribution >= 4 is 12.0 Å². The summed E-state index contributed by atoms with van der Waals surface area (Å²) in [5, 5.41) is 12.0. The first-order valence-electron chi connectivity index (χ1n) is 6.95. The van der Waals surface area contributed by atoms with Crippen LogP contribution in [0.4, 0.5) is 4.79 Å². The van der Waals surface area contributed by atoms with Crippen molar-refractivity contribution in [3.05, 3.63) is 0 Å². The second-order valence-corrected chi connectivity index (χ2v) is 5.70. The highest BCUT2D eigenvalue weighted by Gasteiger charge is 2.34. The van der Waals surface area contributed by atoms with Crippen molar-refractivity contribution in [2.24, 2.45) is 5.41 Å². The van der Waals surface area contributed by atoms with Crippen LogP contribution in [0.3, 0.4) is 0 Å². The number of carboxylic acid groups (broad SMARTS) is 1. The highest BCUT2D eigenvalue weighted by molar-refractivity contribution is 5.83. The lowest BCUT2D eigenvalue weighted by Crippen LogP contribution is -2.56. The van der Waals surface area contributed by atoms with Crippen molar-refractivity contribution in [2.75, 3.05) is 39.5 Å². The quantitative estimate of drug-likeness (QED) is 0.779. The largest absolute Gasteiger partial charge is 0.480 e. The lowest BCUT2D eigenvalue weighted by molar-refractivity contribution is -0.147. The first-order valence-corrected chi connectivity index (χ1v) is 6.95. The molecule has 2 N–H and O–H groups in total. The molecule has 0 aromatic heterocycles. The Morgan fingerprint density at radius 1 is 1.30 bits per heavy atom. The van der Waals surface area contributed by atoms with Crippen molar-refractivity contribution in [1.29, 1.82) is 0 Å². The summed E-state index contributed by atoms with van der Waals surface area (Å²) in [7, 11) is 0. The number of hydrogen-bond donors (Lipinski definition) is 2. The standard InChI is InChI=1S/C13H22N2O5/c1-13(2-5-19-6-3-13)9-14-12(18)15-4-7-20-8-10(15)11(16)17/h10H,2-9H2,1H3,(H,14,18)(H,16,17). The molecule has 7 heteroatoms. The number of rotatable bonds is 3. The van der Waals surface area contributed by atoms with E-state index in [-0.39, 0.29) is 18.1 Å². The van der Waals surface area contributed by atoms with E-state index >= 15 is 0 Å². The number of aliphatic carboxylic acids is 1. The maximum absolute atomic E-state index is 12.2. The number of carbonyl (C=O) groups is 2. The van der Waals surface area contributed by atoms with Gasteiger partial charge in [0.25, 0.3) is 0 Å². The van der Waals surface area contributed by atoms with E-state index in [2.05, 4.69) is 12.2 Å². The minimum Gasteiger partial charge on any atom is -0.480 e. The molecule has 0 aromatic carbocycles. The summed E-state index contributed by atoms with van der Waals surface area (Å²) >= 11 is 0. The number of carbonyl (C=O) groups excluding carboxylic acids is 1. The summed E-state index contributed by atoms with van der Waals surface area (Å²) in [5.41, 5.74) is 0.0267. The van der Waals surface area contributed by atoms with Gasteiger partial charge in [-0.05, 0) is 18.3 Å². The summed E-state index contributed by atoms with van der Waals surface area (Å²) in [6, 6.07) is -1.22. The van der Waals surface area contributed by atoms with Crippen LogP contribution in [0.25, 0.3) is 0 Å². The van der Waals surface area contributed by atoms with Gasteiger partial charge in [0.2, 0.25) is 0 Å². The van der Waals surface area contributed by atoms with Gasteiger partial charge in [0.05, 0.1) is 13.2 Å². The normalized spacial score (nSPS) is 26.1. The Bertz CT molecular complexity index is 368. The summed E-state index contributed by atoms with van der Waals surface area (Å²) in [5.74, 6) is -1.03. The lowest BCUT2D eigenvalue weighted by atomic mass is 9.82. The van der Waals surface area contributed by atoms with Gasteiger partial charge in [-0.25, -0.2) is 9.59 Å². The predicted molar refractivity (Wildman–Crippen MR) is 70.5 cm³/mol. The monoisotopic (exact) mass is 286 g/mol. The van der Waals surface area contributed by atoms with Crippen LogP contribution in [-0.4, -0.2) is 67.6 Å². The molecule has 1 unspecified atom stereocenters. The molecule has 0 radical (unpaired) electrons. The van der Waals surface area contributed by atoms with Gasteiger partial charge in [0.15, 0.2) is 6.04 Å². The van der Waals surface area contributed by atoms with Gasteiger partial charge in [-0.3, -0.25) is 0 Å². The maximum Gasteiger partial charge on any atom is 0.328 e. The number of morpholine rings is 1. The van der Waals surface area contributed by atoms with Crippen molar-refractivity contribution in [3.63, 3.8) is 0 Å². The molecule has 0 saturated carbocycles. The smallest absolute Gasteiger partial charge is 0.328 e. The van der Waals surface area contributed by atoms with Crippen LogP contribution in [0.5, 0.6) is 0 Å². The van der Waals surface area contributed by atoms with Gasteiger partial charge >= 0.3 is 12.0 Å². The zero-order valence-corrected chi connectivity index (χ0v) is 11.8. The average Bonchev–Trinajstić information content (AvgIpc) is 2.45. The molecule has 2 rings (SSSR count). The van der Waals surface area contributed by atoms with E-state index in [0.29, 0.717) is 32.9 Å². The van der Waals surface area contributed by atoms with E-state index < -0.39 is 12.0 Å². The van der Waals surface area contributed by atoms with Crippen LogP contribution in [-0.2, 0) is 14.3 Å². The summed E-state index contributed by atoms with van der Waals surface area (Å²) in [4.78, 5) is 24.6. The fourth-order valence-electron chi connectivity index (χ4n) is 2.48. The number of nitrogens with zero attached hydrogens (tertiary/aromatic N) is 1. The molecule has 2 saturated heterocycles. The molecule has 7 nitrogen and oxygen atoms in total. The summed E-state index contributed by atoms with van der Waals surface area (Å²) < 4.78 is 10.4. The molecule has 2 heterocycles. The van der Waals surface area contributed by atoms with E-state index in [9.17, 15) is 9.59 Å². The number of hydrogen-bond acceptors (Lipinski definition) is 4. The van der Waals surface area contributed by atoms with Gasteiger partial charge in [0.1, 0.15) is 0 Å². The number of carboxylic acids is 1. The fourth-order valence-corrected chi connectivity index (χ4v) is 2.48. The van der Waals surface area contributed by atoms with Crippen LogP contribution in [0.2, 0.25) is 0 Å². The molecule has 2 fully saturated rings. The fraction of sp³-hybridized carbons (Fsp3) is 0.846. The maximum atomic E-state index is 12.2. The number of amides is 2. The highest BCUT2D eigenvalue weighted by atomic mass is 16.5. The topological polar surface area (TPSA) is 88.1 Å². The second kappa shape index (κ2) is 6.41. The molecule has 2 amide bonds. The van der Waals surface area contributed by atoms with E-state index in [1.165, 1.54) is 4.90 Å². The number of urea groups is 1. The molecule has 114 valence electrons. The van der Waals surface area contributed by atoms with Crippen LogP contribution in [0.15, 0.2) is 0 Å². The molecule has 2 aliphatic heterocycles. The molecule has 2 aliphatic rings. The Hall–Kier alpha value is -1.34. The number of nitrogens with one attached hydrogen (secondary N) is 1. The Labute approximate surface area is 118 Å². The third kappa shape index (κ3) is 3.61. The van der Waals surface area contributed by atoms with Crippen molar-refractivity contribution in [1.82, 2.24) is 10.2 Å². The molecule has 0 bridgehead atoms. The molecular weight excluding hydrogens is 264 g/mol. The first-order chi connectivity index (χ1) is 9.52. The molecular formula is C13H22N2O5. The van der Waals surface area contributed by atoms with Gasteiger partial charge in [0, 0.05) is 26.3 Å². The van der Waals surface area contributed by atoms with Gasteiger partial charge in [-0.2, -0.15) is 0 Å². The van der Waals surface area contributed by atoms with Crippen LogP contribution in [0, 0.1) is 5.41 Å². The summed E-state index contributed by atoms with van der Waals surface area (Å²) in [6.07, 6.45) is 1.80. The van der Waals surface area contributed by atoms with Gasteiger partial charge < -0.3 is 24.8 Å². The Morgan fingerprint density at radius 3 is 2.65 bits per heavy atom. The van der Waals surface area contributed by atoms with Gasteiger partial charge in [-0.15, -0.1) is 0 Å². The zero-order chi connectivity index (χ0) is 14.6. The predicted octanol–water partition coefficient (Wildman–Crippen LogP) is 0.298. The molecule has 0 aromatic rings. The molecule has 20 heavy (non-hydrogen) atoms. The van der Waals surface area contributed by atoms with Gasteiger partial charge in [-0.1, -0.05) is 6.92 Å². The zero-order valence-electron chi connectivity index (χ0n) is 11.8. The van der Waals surface area contributed by atoms with Crippen molar-refractivity contribution in [2.45, 2.75) is 25.8 Å². The molecule has 1 atom stereocenters. The summed E-state index contributed by atoms with van der Waals surface area (Å²) in [6.45, 7) is 4.81. The van der Waals surface area contributed by atoms with Crippen molar-refractivity contribution < 1.29 is 24.2 Å². The number of ether oxygens (including phenoxy) is 2. The average molecular weight is 286 g/mol. The molecule has 0 spiro atoms. The first kappa shape index (κ1) is 15.1.